The molecule has 136 valence electrons. The third-order valence-corrected chi connectivity index (χ3v) is 4.29. The summed E-state index contributed by atoms with van der Waals surface area (Å²) >= 11 is 0. The molecular formula is C21H19N3O3. The molecule has 0 atom stereocenters. The molecule has 0 saturated heterocycles. The topological polar surface area (TPSA) is 72.5 Å². The van der Waals surface area contributed by atoms with Crippen LogP contribution in [0.15, 0.2) is 60.8 Å². The van der Waals surface area contributed by atoms with E-state index in [1.807, 2.05) is 42.5 Å². The van der Waals surface area contributed by atoms with E-state index in [4.69, 9.17) is 9.47 Å². The summed E-state index contributed by atoms with van der Waals surface area (Å²) in [4.78, 5) is 16.7. The van der Waals surface area contributed by atoms with E-state index in [1.165, 1.54) is 5.56 Å². The Bertz CT molecular complexity index is 953. The van der Waals surface area contributed by atoms with Crippen LogP contribution in [0.5, 0.6) is 11.5 Å². The first kappa shape index (κ1) is 16.9. The molecule has 0 spiro atoms. The lowest BCUT2D eigenvalue weighted by Gasteiger charge is -2.08. The van der Waals surface area contributed by atoms with Crippen LogP contribution >= 0.6 is 0 Å². The highest BCUT2D eigenvalue weighted by Gasteiger charge is 2.13. The summed E-state index contributed by atoms with van der Waals surface area (Å²) in [6.45, 7) is 2.33. The minimum absolute atomic E-state index is 0.193. The number of rotatable bonds is 5. The van der Waals surface area contributed by atoms with Gasteiger partial charge in [-0.2, -0.15) is 0 Å². The Labute approximate surface area is 157 Å². The molecule has 0 unspecified atom stereocenters. The van der Waals surface area contributed by atoms with Crippen LogP contribution in [0.1, 0.15) is 22.8 Å². The van der Waals surface area contributed by atoms with Crippen molar-refractivity contribution < 1.29 is 14.3 Å². The molecule has 1 aromatic heterocycles. The molecule has 0 aliphatic carbocycles. The van der Waals surface area contributed by atoms with Gasteiger partial charge in [-0.05, 0) is 48.4 Å². The first-order valence-electron chi connectivity index (χ1n) is 8.74. The average Bonchev–Trinajstić information content (AvgIpc) is 3.17. The highest BCUT2D eigenvalue weighted by atomic mass is 16.7. The van der Waals surface area contributed by atoms with Crippen molar-refractivity contribution in [2.45, 2.75) is 13.3 Å². The van der Waals surface area contributed by atoms with Gasteiger partial charge in [-0.15, -0.1) is 0 Å². The number of ether oxygens (including phenoxy) is 2. The average molecular weight is 361 g/mol. The van der Waals surface area contributed by atoms with E-state index in [2.05, 4.69) is 22.5 Å². The van der Waals surface area contributed by atoms with Crippen molar-refractivity contribution in [1.29, 1.82) is 0 Å². The number of nitrogens with zero attached hydrogens (tertiary/aromatic N) is 1. The summed E-state index contributed by atoms with van der Waals surface area (Å²) in [6, 6.07) is 16.9. The number of amides is 1. The van der Waals surface area contributed by atoms with Crippen LogP contribution in [0.3, 0.4) is 0 Å². The minimum atomic E-state index is -0.193. The molecule has 2 heterocycles. The van der Waals surface area contributed by atoms with Gasteiger partial charge >= 0.3 is 0 Å². The Morgan fingerprint density at radius 3 is 2.52 bits per heavy atom. The van der Waals surface area contributed by atoms with Crippen LogP contribution < -0.4 is 20.1 Å². The number of benzene rings is 2. The number of aromatic nitrogens is 1. The SMILES string of the molecule is CCc1ccc(NC(=O)c2ccc(Nc3ccc4c(c3)OCO4)nc2)cc1. The Kier molecular flexibility index (Phi) is 4.61. The second kappa shape index (κ2) is 7.37. The van der Waals surface area contributed by atoms with Gasteiger partial charge in [0.05, 0.1) is 5.56 Å². The van der Waals surface area contributed by atoms with Crippen molar-refractivity contribution in [3.63, 3.8) is 0 Å². The standard InChI is InChI=1S/C21H19N3O3/c1-2-14-3-6-16(7-4-14)24-21(25)15-5-10-20(22-12-15)23-17-8-9-18-19(11-17)27-13-26-18/h3-12H,2,13H2,1H3,(H,22,23)(H,24,25). The van der Waals surface area contributed by atoms with Crippen molar-refractivity contribution in [2.75, 3.05) is 17.4 Å². The third-order valence-electron chi connectivity index (χ3n) is 4.29. The molecule has 0 saturated carbocycles. The highest BCUT2D eigenvalue weighted by molar-refractivity contribution is 6.04. The number of fused-ring (bicyclic) bond motifs is 1. The molecule has 1 amide bonds. The van der Waals surface area contributed by atoms with Gasteiger partial charge in [0.15, 0.2) is 11.5 Å². The van der Waals surface area contributed by atoms with E-state index in [1.54, 1.807) is 18.3 Å². The number of carbonyl (C=O) groups is 1. The minimum Gasteiger partial charge on any atom is -0.454 e. The lowest BCUT2D eigenvalue weighted by molar-refractivity contribution is 0.102. The zero-order valence-corrected chi connectivity index (χ0v) is 14.9. The highest BCUT2D eigenvalue weighted by Crippen LogP contribution is 2.34. The molecule has 6 nitrogen and oxygen atoms in total. The van der Waals surface area contributed by atoms with Crippen molar-refractivity contribution in [3.05, 3.63) is 71.9 Å². The van der Waals surface area contributed by atoms with Crippen LogP contribution in [0.4, 0.5) is 17.2 Å². The second-order valence-electron chi connectivity index (χ2n) is 6.13. The summed E-state index contributed by atoms with van der Waals surface area (Å²) in [7, 11) is 0. The van der Waals surface area contributed by atoms with Gasteiger partial charge < -0.3 is 20.1 Å². The molecule has 1 aliphatic rings. The summed E-state index contributed by atoms with van der Waals surface area (Å²) in [5, 5.41) is 6.06. The fourth-order valence-electron chi connectivity index (χ4n) is 2.75. The van der Waals surface area contributed by atoms with Crippen LogP contribution in [0, 0.1) is 0 Å². The summed E-state index contributed by atoms with van der Waals surface area (Å²) < 4.78 is 10.7. The summed E-state index contributed by atoms with van der Waals surface area (Å²) in [5.41, 5.74) is 3.32. The Morgan fingerprint density at radius 2 is 1.78 bits per heavy atom. The van der Waals surface area contributed by atoms with Crippen LogP contribution in [0.25, 0.3) is 0 Å². The van der Waals surface area contributed by atoms with Crippen LogP contribution in [0.2, 0.25) is 0 Å². The first-order valence-corrected chi connectivity index (χ1v) is 8.74. The van der Waals surface area contributed by atoms with Gasteiger partial charge in [-0.1, -0.05) is 19.1 Å². The molecule has 0 fully saturated rings. The van der Waals surface area contributed by atoms with Gasteiger partial charge in [0, 0.05) is 23.6 Å². The van der Waals surface area contributed by atoms with Crippen molar-refractivity contribution >= 4 is 23.1 Å². The number of nitrogens with one attached hydrogen (secondary N) is 2. The Morgan fingerprint density at radius 1 is 1.00 bits per heavy atom. The molecule has 3 aromatic rings. The number of hydrogen-bond acceptors (Lipinski definition) is 5. The third kappa shape index (κ3) is 3.84. The van der Waals surface area contributed by atoms with Gasteiger partial charge in [0.2, 0.25) is 6.79 Å². The molecule has 1 aliphatic heterocycles. The largest absolute Gasteiger partial charge is 0.454 e. The lowest BCUT2D eigenvalue weighted by Crippen LogP contribution is -2.12. The smallest absolute Gasteiger partial charge is 0.257 e. The molecule has 2 aromatic carbocycles. The molecule has 2 N–H and O–H groups in total. The summed E-state index contributed by atoms with van der Waals surface area (Å²) in [6.07, 6.45) is 2.51. The van der Waals surface area contributed by atoms with Gasteiger partial charge in [-0.3, -0.25) is 4.79 Å². The maximum absolute atomic E-state index is 12.4. The van der Waals surface area contributed by atoms with Crippen LogP contribution in [-0.2, 0) is 6.42 Å². The van der Waals surface area contributed by atoms with E-state index < -0.39 is 0 Å². The number of anilines is 3. The molecule has 6 heteroatoms. The number of aryl methyl sites for hydroxylation is 1. The number of carbonyl (C=O) groups excluding carboxylic acids is 1. The first-order chi connectivity index (χ1) is 13.2. The predicted octanol–water partition coefficient (Wildman–Crippen LogP) is 4.37. The van der Waals surface area contributed by atoms with Gasteiger partial charge in [-0.25, -0.2) is 4.98 Å². The predicted molar refractivity (Wildman–Crippen MR) is 104 cm³/mol. The second-order valence-corrected chi connectivity index (χ2v) is 6.13. The lowest BCUT2D eigenvalue weighted by atomic mass is 10.1. The maximum Gasteiger partial charge on any atom is 0.257 e. The monoisotopic (exact) mass is 361 g/mol. The summed E-state index contributed by atoms with van der Waals surface area (Å²) in [5.74, 6) is 1.87. The van der Waals surface area contributed by atoms with Crippen LogP contribution in [-0.4, -0.2) is 17.7 Å². The molecule has 0 bridgehead atoms. The fourth-order valence-corrected chi connectivity index (χ4v) is 2.75. The Hall–Kier alpha value is -3.54. The fraction of sp³-hybridized carbons (Fsp3) is 0.143. The van der Waals surface area contributed by atoms with E-state index in [9.17, 15) is 4.79 Å². The molecule has 4 rings (SSSR count). The van der Waals surface area contributed by atoms with Crippen molar-refractivity contribution in [1.82, 2.24) is 4.98 Å². The van der Waals surface area contributed by atoms with E-state index in [0.29, 0.717) is 17.1 Å². The maximum atomic E-state index is 12.4. The molecular weight excluding hydrogens is 342 g/mol. The van der Waals surface area contributed by atoms with Gasteiger partial charge in [0.1, 0.15) is 5.82 Å². The molecule has 27 heavy (non-hydrogen) atoms. The Balaban J connectivity index is 1.41. The van der Waals surface area contributed by atoms with E-state index >= 15 is 0 Å². The zero-order chi connectivity index (χ0) is 18.6. The van der Waals surface area contributed by atoms with Crippen molar-refractivity contribution in [2.24, 2.45) is 0 Å². The van der Waals surface area contributed by atoms with Crippen molar-refractivity contribution in [3.8, 4) is 11.5 Å². The molecule has 0 radical (unpaired) electrons. The number of pyridine rings is 1. The van der Waals surface area contributed by atoms with E-state index in [0.717, 1.165) is 23.5 Å². The quantitative estimate of drug-likeness (QED) is 0.706. The normalized spacial score (nSPS) is 11.9. The van der Waals surface area contributed by atoms with E-state index in [-0.39, 0.29) is 12.7 Å². The zero-order valence-electron chi connectivity index (χ0n) is 14.9. The van der Waals surface area contributed by atoms with Gasteiger partial charge in [0.25, 0.3) is 5.91 Å². The number of hydrogen-bond donors (Lipinski definition) is 2.